The largest absolute Gasteiger partial charge is 0.483 e. The van der Waals surface area contributed by atoms with Crippen LogP contribution in [0.5, 0.6) is 0 Å². The van der Waals surface area contributed by atoms with Gasteiger partial charge in [0.1, 0.15) is 29.9 Å². The molecule has 4 rings (SSSR count). The predicted molar refractivity (Wildman–Crippen MR) is 135 cm³/mol. The van der Waals surface area contributed by atoms with Gasteiger partial charge < -0.3 is 30.5 Å². The highest BCUT2D eigenvalue weighted by atomic mass is 32.2. The summed E-state index contributed by atoms with van der Waals surface area (Å²) in [4.78, 5) is 27.9. The first-order chi connectivity index (χ1) is 17.3. The smallest absolute Gasteiger partial charge is 0.290 e. The van der Waals surface area contributed by atoms with Crippen LogP contribution in [-0.4, -0.2) is 87.1 Å². The van der Waals surface area contributed by atoms with Gasteiger partial charge in [0.2, 0.25) is 5.91 Å². The Morgan fingerprint density at radius 3 is 2.53 bits per heavy atom. The summed E-state index contributed by atoms with van der Waals surface area (Å²) in [6.45, 7) is 5.03. The van der Waals surface area contributed by atoms with Crippen molar-refractivity contribution >= 4 is 24.1 Å². The van der Waals surface area contributed by atoms with E-state index in [0.717, 1.165) is 57.2 Å². The molecule has 1 saturated carbocycles. The fourth-order valence-electron chi connectivity index (χ4n) is 6.21. The van der Waals surface area contributed by atoms with E-state index in [4.69, 9.17) is 19.5 Å². The van der Waals surface area contributed by atoms with E-state index in [-0.39, 0.29) is 24.4 Å². The third kappa shape index (κ3) is 7.33. The number of ether oxygens (including phenoxy) is 1. The monoisotopic (exact) mass is 532 g/mol. The highest BCUT2D eigenvalue weighted by Gasteiger charge is 2.49. The number of carbonyl (C=O) groups excluding carboxylic acids is 1. The first kappa shape index (κ1) is 29.6. The van der Waals surface area contributed by atoms with Crippen LogP contribution in [0.4, 0.5) is 0 Å². The standard InChI is InChI=1S/C24H42N2O6S.CH2O2/c1-13(2)11-14-7-6-8-15(21-16(14)12-25-32-21)23(30)26-17-9-4-3-5-10-33-24-20(29)18(27)19(28)22(17)31-24;2-1-3/h13-22,24-25,27-29H,3-12H2,1-2H3,(H,26,30);1H,(H,2,3)/t14-,15-,16?,17+,18-,19+,20+,21-,22+,24+;/m0./s1. The lowest BCUT2D eigenvalue weighted by atomic mass is 9.79. The summed E-state index contributed by atoms with van der Waals surface area (Å²) in [5, 5.41) is 41.6. The van der Waals surface area contributed by atoms with Crippen LogP contribution >= 0.6 is 11.8 Å². The second-order valence-corrected chi connectivity index (χ2v) is 12.1. The topological polar surface area (TPSA) is 158 Å². The first-order valence-electron chi connectivity index (χ1n) is 13.4. The highest BCUT2D eigenvalue weighted by Crippen LogP contribution is 2.40. The maximum absolute atomic E-state index is 13.6. The molecule has 4 aliphatic rings. The minimum atomic E-state index is -1.29. The van der Waals surface area contributed by atoms with E-state index >= 15 is 0 Å². The zero-order valence-electron chi connectivity index (χ0n) is 21.3. The van der Waals surface area contributed by atoms with Gasteiger partial charge in [-0.25, -0.2) is 5.48 Å². The fourth-order valence-corrected chi connectivity index (χ4v) is 7.38. The Bertz CT molecular complexity index is 701. The zero-order valence-corrected chi connectivity index (χ0v) is 22.1. The Morgan fingerprint density at radius 2 is 1.81 bits per heavy atom. The van der Waals surface area contributed by atoms with Crippen molar-refractivity contribution in [2.24, 2.45) is 23.7 Å². The molecule has 0 aromatic heterocycles. The van der Waals surface area contributed by atoms with E-state index in [9.17, 15) is 20.1 Å². The van der Waals surface area contributed by atoms with E-state index in [2.05, 4.69) is 24.6 Å². The molecular formula is C25H44N2O8S. The molecule has 10 nitrogen and oxygen atoms in total. The normalized spacial score (nSPS) is 41.3. The number of thioether (sulfide) groups is 1. The van der Waals surface area contributed by atoms with Crippen LogP contribution in [0.1, 0.15) is 65.2 Å². The summed E-state index contributed by atoms with van der Waals surface area (Å²) in [5.41, 5.74) is 2.46. The fraction of sp³-hybridized carbons (Fsp3) is 0.920. The quantitative estimate of drug-likeness (QED) is 0.291. The van der Waals surface area contributed by atoms with Crippen LogP contribution in [0.3, 0.4) is 0 Å². The number of hydrogen-bond acceptors (Lipinski definition) is 9. The molecule has 0 aromatic rings. The number of rotatable bonds is 4. The molecule has 0 aromatic carbocycles. The van der Waals surface area contributed by atoms with Crippen molar-refractivity contribution in [1.82, 2.24) is 10.8 Å². The summed E-state index contributed by atoms with van der Waals surface area (Å²) in [7, 11) is 0. The van der Waals surface area contributed by atoms with E-state index in [1.165, 1.54) is 11.8 Å². The highest BCUT2D eigenvalue weighted by molar-refractivity contribution is 7.99. The number of carboxylic acid groups (broad SMARTS) is 1. The zero-order chi connectivity index (χ0) is 26.2. The van der Waals surface area contributed by atoms with Gasteiger partial charge in [0.25, 0.3) is 6.47 Å². The molecule has 3 heterocycles. The number of carbonyl (C=O) groups is 2. The Kier molecular flexibility index (Phi) is 11.7. The Morgan fingerprint density at radius 1 is 1.06 bits per heavy atom. The van der Waals surface area contributed by atoms with Crippen molar-refractivity contribution in [2.45, 2.75) is 107 Å². The second kappa shape index (κ2) is 14.3. The number of amides is 1. The van der Waals surface area contributed by atoms with Gasteiger partial charge in [0, 0.05) is 12.5 Å². The maximum atomic E-state index is 13.6. The SMILES string of the molecule is CC(C)C[C@@H]1CCC[C@H](C(=O)N[C@@H]2CCCCCS[C@H]3O[C@H]2[C@H](O)[C@H](O)[C@H]3O)[C@@H]2ONCC12.O=CO. The molecule has 3 aliphatic heterocycles. The lowest BCUT2D eigenvalue weighted by molar-refractivity contribution is -0.206. The number of aliphatic hydroxyl groups excluding tert-OH is 3. The molecule has 11 heteroatoms. The van der Waals surface area contributed by atoms with Gasteiger partial charge in [-0.1, -0.05) is 33.1 Å². The summed E-state index contributed by atoms with van der Waals surface area (Å²) < 4.78 is 6.08. The van der Waals surface area contributed by atoms with Gasteiger partial charge in [-0.05, 0) is 49.7 Å². The van der Waals surface area contributed by atoms with Gasteiger partial charge in [-0.2, -0.15) is 0 Å². The molecule has 1 amide bonds. The lowest BCUT2D eigenvalue weighted by Crippen LogP contribution is -2.63. The van der Waals surface area contributed by atoms with Gasteiger partial charge in [0.15, 0.2) is 0 Å². The lowest BCUT2D eigenvalue weighted by Gasteiger charge is -2.44. The van der Waals surface area contributed by atoms with E-state index < -0.39 is 35.9 Å². The van der Waals surface area contributed by atoms with Crippen LogP contribution in [0.15, 0.2) is 0 Å². The molecule has 0 spiro atoms. The molecule has 4 fully saturated rings. The molecule has 1 unspecified atom stereocenters. The summed E-state index contributed by atoms with van der Waals surface area (Å²) >= 11 is 1.47. The van der Waals surface area contributed by atoms with Gasteiger partial charge >= 0.3 is 0 Å². The Labute approximate surface area is 217 Å². The van der Waals surface area contributed by atoms with E-state index in [0.29, 0.717) is 24.2 Å². The van der Waals surface area contributed by atoms with Gasteiger partial charge in [0.05, 0.1) is 18.1 Å². The number of hydroxylamine groups is 1. The Hall–Kier alpha value is -0.950. The van der Waals surface area contributed by atoms with E-state index in [1.54, 1.807) is 0 Å². The van der Waals surface area contributed by atoms with Crippen molar-refractivity contribution in [3.8, 4) is 0 Å². The van der Waals surface area contributed by atoms with Crippen molar-refractivity contribution in [1.29, 1.82) is 0 Å². The third-order valence-electron chi connectivity index (χ3n) is 7.94. The predicted octanol–water partition coefficient (Wildman–Crippen LogP) is 1.27. The van der Waals surface area contributed by atoms with Crippen molar-refractivity contribution in [3.05, 3.63) is 0 Å². The molecule has 1 aliphatic carbocycles. The van der Waals surface area contributed by atoms with Crippen LogP contribution < -0.4 is 10.8 Å². The number of hydrogen-bond donors (Lipinski definition) is 6. The number of aliphatic hydroxyl groups is 3. The van der Waals surface area contributed by atoms with Crippen molar-refractivity contribution in [2.75, 3.05) is 12.3 Å². The van der Waals surface area contributed by atoms with Crippen molar-refractivity contribution in [3.63, 3.8) is 0 Å². The minimum absolute atomic E-state index is 0.0541. The third-order valence-corrected chi connectivity index (χ3v) is 9.18. The molecule has 36 heavy (non-hydrogen) atoms. The maximum Gasteiger partial charge on any atom is 0.290 e. The van der Waals surface area contributed by atoms with Gasteiger partial charge in [-0.3, -0.25) is 14.4 Å². The first-order valence-corrected chi connectivity index (χ1v) is 14.4. The Balaban J connectivity index is 0.00000115. The molecule has 6 N–H and O–H groups in total. The molecule has 10 atom stereocenters. The molecule has 2 bridgehead atoms. The average Bonchev–Trinajstić information content (AvgIpc) is 3.25. The van der Waals surface area contributed by atoms with Gasteiger partial charge in [-0.15, -0.1) is 11.8 Å². The molecular weight excluding hydrogens is 488 g/mol. The summed E-state index contributed by atoms with van der Waals surface area (Å²) in [6, 6.07) is -0.418. The van der Waals surface area contributed by atoms with Crippen LogP contribution in [0.25, 0.3) is 0 Å². The molecule has 208 valence electrons. The molecule has 0 radical (unpaired) electrons. The molecule has 3 saturated heterocycles. The van der Waals surface area contributed by atoms with Crippen molar-refractivity contribution < 1.29 is 39.6 Å². The average molecular weight is 533 g/mol. The van der Waals surface area contributed by atoms with Crippen LogP contribution in [0, 0.1) is 23.7 Å². The number of fused-ring (bicyclic) bond motifs is 3. The van der Waals surface area contributed by atoms with E-state index in [1.807, 2.05) is 0 Å². The van der Waals surface area contributed by atoms with Crippen LogP contribution in [-0.2, 0) is 19.2 Å². The van der Waals surface area contributed by atoms with Crippen LogP contribution in [0.2, 0.25) is 0 Å². The second-order valence-electron chi connectivity index (χ2n) is 10.9. The number of nitrogens with one attached hydrogen (secondary N) is 2. The summed E-state index contributed by atoms with van der Waals surface area (Å²) in [6.07, 6.45) is 3.05. The summed E-state index contributed by atoms with van der Waals surface area (Å²) in [5.74, 6) is 2.02. The minimum Gasteiger partial charge on any atom is -0.483 e.